The number of hydrogen-bond donors (Lipinski definition) is 1. The summed E-state index contributed by atoms with van der Waals surface area (Å²) in [6.45, 7) is 5.87. The van der Waals surface area contributed by atoms with Crippen LogP contribution in [-0.4, -0.2) is 6.54 Å². The van der Waals surface area contributed by atoms with Gasteiger partial charge in [0.1, 0.15) is 0 Å². The van der Waals surface area contributed by atoms with E-state index in [1.807, 2.05) is 0 Å². The van der Waals surface area contributed by atoms with Crippen molar-refractivity contribution >= 4 is 22.6 Å². The van der Waals surface area contributed by atoms with Gasteiger partial charge in [0.15, 0.2) is 0 Å². The molecule has 1 saturated carbocycles. The third kappa shape index (κ3) is 3.95. The molecular weight excluding hydrogens is 333 g/mol. The average molecular weight is 357 g/mol. The highest BCUT2D eigenvalue weighted by Crippen LogP contribution is 2.29. The van der Waals surface area contributed by atoms with E-state index in [1.165, 1.54) is 41.4 Å². The molecule has 0 saturated heterocycles. The fourth-order valence-corrected chi connectivity index (χ4v) is 3.25. The molecule has 1 fully saturated rings. The monoisotopic (exact) mass is 357 g/mol. The Morgan fingerprint density at radius 1 is 1.22 bits per heavy atom. The minimum atomic E-state index is 0.469. The summed E-state index contributed by atoms with van der Waals surface area (Å²) < 4.78 is 1.31. The third-order valence-corrected chi connectivity index (χ3v) is 5.06. The van der Waals surface area contributed by atoms with Crippen LogP contribution in [0.15, 0.2) is 24.3 Å². The molecule has 3 atom stereocenters. The van der Waals surface area contributed by atoms with Crippen molar-refractivity contribution in [3.05, 3.63) is 33.4 Å². The highest BCUT2D eigenvalue weighted by atomic mass is 127. The van der Waals surface area contributed by atoms with E-state index in [2.05, 4.69) is 66.0 Å². The van der Waals surface area contributed by atoms with E-state index in [0.29, 0.717) is 6.04 Å². The summed E-state index contributed by atoms with van der Waals surface area (Å²) in [6.07, 6.45) is 5.69. The van der Waals surface area contributed by atoms with E-state index in [1.54, 1.807) is 0 Å². The Kier molecular flexibility index (Phi) is 5.49. The molecule has 0 radical (unpaired) electrons. The SMILES string of the molecule is CC(NCC1CCCCC1C)c1ccc(I)cc1. The first-order valence-electron chi connectivity index (χ1n) is 7.15. The van der Waals surface area contributed by atoms with Gasteiger partial charge in [-0.05, 0) is 72.0 Å². The highest BCUT2D eigenvalue weighted by Gasteiger charge is 2.21. The van der Waals surface area contributed by atoms with Crippen LogP contribution in [0.5, 0.6) is 0 Å². The number of rotatable bonds is 4. The van der Waals surface area contributed by atoms with Gasteiger partial charge >= 0.3 is 0 Å². The van der Waals surface area contributed by atoms with Crippen LogP contribution in [0.4, 0.5) is 0 Å². The zero-order chi connectivity index (χ0) is 13.0. The zero-order valence-electron chi connectivity index (χ0n) is 11.5. The molecule has 1 aliphatic rings. The first kappa shape index (κ1) is 14.3. The first-order chi connectivity index (χ1) is 8.66. The Labute approximate surface area is 125 Å². The largest absolute Gasteiger partial charge is 0.310 e. The second kappa shape index (κ2) is 6.90. The standard InChI is InChI=1S/C16H24IN/c1-12-5-3-4-6-15(12)11-18-13(2)14-7-9-16(17)10-8-14/h7-10,12-13,15,18H,3-6,11H2,1-2H3. The van der Waals surface area contributed by atoms with Crippen molar-refractivity contribution < 1.29 is 0 Å². The topological polar surface area (TPSA) is 12.0 Å². The van der Waals surface area contributed by atoms with Gasteiger partial charge in [0, 0.05) is 9.61 Å². The molecule has 2 heteroatoms. The number of nitrogens with one attached hydrogen (secondary N) is 1. The maximum absolute atomic E-state index is 3.72. The van der Waals surface area contributed by atoms with Crippen LogP contribution in [-0.2, 0) is 0 Å². The van der Waals surface area contributed by atoms with Gasteiger partial charge in [0.2, 0.25) is 0 Å². The van der Waals surface area contributed by atoms with Gasteiger partial charge in [-0.15, -0.1) is 0 Å². The van der Waals surface area contributed by atoms with E-state index < -0.39 is 0 Å². The summed E-state index contributed by atoms with van der Waals surface area (Å²) in [5, 5.41) is 3.72. The Morgan fingerprint density at radius 3 is 2.56 bits per heavy atom. The van der Waals surface area contributed by atoms with Gasteiger partial charge in [0.05, 0.1) is 0 Å². The number of benzene rings is 1. The van der Waals surface area contributed by atoms with Crippen LogP contribution in [0.3, 0.4) is 0 Å². The molecule has 1 nitrogen and oxygen atoms in total. The summed E-state index contributed by atoms with van der Waals surface area (Å²) in [7, 11) is 0. The van der Waals surface area contributed by atoms with Crippen LogP contribution in [0.2, 0.25) is 0 Å². The second-order valence-electron chi connectivity index (χ2n) is 5.70. The lowest BCUT2D eigenvalue weighted by Gasteiger charge is -2.30. The maximum Gasteiger partial charge on any atom is 0.0291 e. The van der Waals surface area contributed by atoms with Crippen molar-refractivity contribution in [2.24, 2.45) is 11.8 Å². The van der Waals surface area contributed by atoms with Crippen LogP contribution >= 0.6 is 22.6 Å². The van der Waals surface area contributed by atoms with Gasteiger partial charge in [-0.2, -0.15) is 0 Å². The molecule has 0 spiro atoms. The summed E-state index contributed by atoms with van der Waals surface area (Å²) in [4.78, 5) is 0. The Morgan fingerprint density at radius 2 is 1.89 bits per heavy atom. The number of halogens is 1. The summed E-state index contributed by atoms with van der Waals surface area (Å²) in [5.74, 6) is 1.78. The van der Waals surface area contributed by atoms with Crippen LogP contribution in [0.1, 0.15) is 51.1 Å². The molecule has 3 unspecified atom stereocenters. The fraction of sp³-hybridized carbons (Fsp3) is 0.625. The summed E-state index contributed by atoms with van der Waals surface area (Å²) >= 11 is 2.36. The Bertz CT molecular complexity index is 360. The molecule has 1 aromatic rings. The lowest BCUT2D eigenvalue weighted by molar-refractivity contribution is 0.242. The maximum atomic E-state index is 3.72. The van der Waals surface area contributed by atoms with Gasteiger partial charge in [-0.3, -0.25) is 0 Å². The van der Waals surface area contributed by atoms with E-state index in [0.717, 1.165) is 11.8 Å². The molecule has 0 amide bonds. The lowest BCUT2D eigenvalue weighted by atomic mass is 9.80. The zero-order valence-corrected chi connectivity index (χ0v) is 13.6. The average Bonchev–Trinajstić information content (AvgIpc) is 2.38. The predicted octanol–water partition coefficient (Wildman–Crippen LogP) is 4.77. The van der Waals surface area contributed by atoms with Crippen molar-refractivity contribution in [2.75, 3.05) is 6.54 Å². The quantitative estimate of drug-likeness (QED) is 0.766. The van der Waals surface area contributed by atoms with Gasteiger partial charge < -0.3 is 5.32 Å². The Balaban J connectivity index is 1.83. The molecule has 18 heavy (non-hydrogen) atoms. The van der Waals surface area contributed by atoms with Gasteiger partial charge in [0.25, 0.3) is 0 Å². The van der Waals surface area contributed by atoms with Gasteiger partial charge in [-0.25, -0.2) is 0 Å². The molecule has 100 valence electrons. The van der Waals surface area contributed by atoms with Crippen LogP contribution in [0, 0.1) is 15.4 Å². The van der Waals surface area contributed by atoms with Crippen molar-refractivity contribution in [2.45, 2.75) is 45.6 Å². The molecule has 0 aliphatic heterocycles. The summed E-state index contributed by atoms with van der Waals surface area (Å²) in [5.41, 5.74) is 1.40. The van der Waals surface area contributed by atoms with Crippen molar-refractivity contribution in [3.63, 3.8) is 0 Å². The van der Waals surface area contributed by atoms with Crippen molar-refractivity contribution in [3.8, 4) is 0 Å². The van der Waals surface area contributed by atoms with E-state index in [9.17, 15) is 0 Å². The molecule has 0 aromatic heterocycles. The second-order valence-corrected chi connectivity index (χ2v) is 6.95. The van der Waals surface area contributed by atoms with Crippen molar-refractivity contribution in [1.82, 2.24) is 5.32 Å². The highest BCUT2D eigenvalue weighted by molar-refractivity contribution is 14.1. The summed E-state index contributed by atoms with van der Waals surface area (Å²) in [6, 6.07) is 9.33. The fourth-order valence-electron chi connectivity index (χ4n) is 2.89. The molecule has 1 N–H and O–H groups in total. The van der Waals surface area contributed by atoms with Gasteiger partial charge in [-0.1, -0.05) is 38.3 Å². The van der Waals surface area contributed by atoms with Crippen LogP contribution < -0.4 is 5.32 Å². The smallest absolute Gasteiger partial charge is 0.0291 e. The van der Waals surface area contributed by atoms with E-state index in [-0.39, 0.29) is 0 Å². The molecule has 2 rings (SSSR count). The molecule has 1 aliphatic carbocycles. The first-order valence-corrected chi connectivity index (χ1v) is 8.23. The van der Waals surface area contributed by atoms with Crippen molar-refractivity contribution in [1.29, 1.82) is 0 Å². The van der Waals surface area contributed by atoms with E-state index >= 15 is 0 Å². The third-order valence-electron chi connectivity index (χ3n) is 4.35. The molecular formula is C16H24IN. The van der Waals surface area contributed by atoms with E-state index in [4.69, 9.17) is 0 Å². The molecule has 1 aromatic carbocycles. The predicted molar refractivity (Wildman–Crippen MR) is 86.7 cm³/mol. The lowest BCUT2D eigenvalue weighted by Crippen LogP contribution is -2.31. The Hall–Kier alpha value is -0.0900. The minimum Gasteiger partial charge on any atom is -0.310 e. The number of hydrogen-bond acceptors (Lipinski definition) is 1. The molecule has 0 heterocycles. The van der Waals surface area contributed by atoms with Crippen LogP contribution in [0.25, 0.3) is 0 Å². The molecule has 0 bridgehead atoms. The minimum absolute atomic E-state index is 0.469. The normalized spacial score (nSPS) is 25.9.